The number of hydrogen-bond donors (Lipinski definition) is 1. The van der Waals surface area contributed by atoms with Crippen molar-refractivity contribution in [1.29, 1.82) is 0 Å². The third-order valence-electron chi connectivity index (χ3n) is 6.79. The van der Waals surface area contributed by atoms with Crippen LogP contribution in [0.5, 0.6) is 0 Å². The number of rotatable bonds is 5. The Morgan fingerprint density at radius 2 is 1.85 bits per heavy atom. The third-order valence-corrected chi connectivity index (χ3v) is 6.79. The van der Waals surface area contributed by atoms with Gasteiger partial charge in [0.2, 0.25) is 5.91 Å². The van der Waals surface area contributed by atoms with Crippen LogP contribution >= 0.6 is 0 Å². The molecule has 1 aromatic rings. The number of nitrogens with one attached hydrogen (secondary N) is 1. The quantitative estimate of drug-likeness (QED) is 0.882. The van der Waals surface area contributed by atoms with E-state index in [1.807, 2.05) is 0 Å². The first-order valence-electron chi connectivity index (χ1n) is 10.1. The van der Waals surface area contributed by atoms with Gasteiger partial charge in [-0.2, -0.15) is 0 Å². The van der Waals surface area contributed by atoms with Crippen LogP contribution in [-0.4, -0.2) is 40.8 Å². The molecule has 2 amide bonds. The zero-order valence-electron chi connectivity index (χ0n) is 15.5. The van der Waals surface area contributed by atoms with Crippen molar-refractivity contribution in [1.82, 2.24) is 15.2 Å². The van der Waals surface area contributed by atoms with Crippen LogP contribution in [0, 0.1) is 11.3 Å². The average Bonchev–Trinajstić information content (AvgIpc) is 3.09. The van der Waals surface area contributed by atoms with Crippen LogP contribution in [-0.2, 0) is 4.79 Å². The van der Waals surface area contributed by atoms with Crippen molar-refractivity contribution in [3.63, 3.8) is 0 Å². The Balaban J connectivity index is 1.21. The van der Waals surface area contributed by atoms with E-state index in [-0.39, 0.29) is 17.4 Å². The minimum atomic E-state index is -0.00987. The van der Waals surface area contributed by atoms with E-state index in [1.165, 1.54) is 25.7 Å². The summed E-state index contributed by atoms with van der Waals surface area (Å²) in [5.74, 6) is 1.11. The Labute approximate surface area is 155 Å². The summed E-state index contributed by atoms with van der Waals surface area (Å²) in [4.78, 5) is 30.8. The van der Waals surface area contributed by atoms with Crippen molar-refractivity contribution in [2.75, 3.05) is 13.1 Å². The van der Waals surface area contributed by atoms with E-state index in [0.717, 1.165) is 51.1 Å². The molecule has 5 heteroatoms. The van der Waals surface area contributed by atoms with Gasteiger partial charge in [-0.05, 0) is 49.1 Å². The average molecular weight is 355 g/mol. The van der Waals surface area contributed by atoms with E-state index < -0.39 is 0 Å². The zero-order chi connectivity index (χ0) is 18.0. The summed E-state index contributed by atoms with van der Waals surface area (Å²) in [7, 11) is 0. The summed E-state index contributed by atoms with van der Waals surface area (Å²) in [6.07, 6.45) is 13.5. The minimum Gasteiger partial charge on any atom is -0.349 e. The molecule has 4 rings (SSSR count). The largest absolute Gasteiger partial charge is 0.349 e. The number of nitrogens with zero attached hydrogens (tertiary/aromatic N) is 2. The molecule has 0 bridgehead atoms. The van der Waals surface area contributed by atoms with Gasteiger partial charge >= 0.3 is 0 Å². The molecule has 0 radical (unpaired) electrons. The molecule has 1 aliphatic heterocycles. The second-order valence-corrected chi connectivity index (χ2v) is 8.40. The molecule has 0 aromatic carbocycles. The van der Waals surface area contributed by atoms with E-state index in [4.69, 9.17) is 0 Å². The predicted molar refractivity (Wildman–Crippen MR) is 99.5 cm³/mol. The van der Waals surface area contributed by atoms with Gasteiger partial charge in [0.25, 0.3) is 5.91 Å². The molecule has 26 heavy (non-hydrogen) atoms. The first kappa shape index (κ1) is 17.5. The van der Waals surface area contributed by atoms with Crippen molar-refractivity contribution in [3.8, 4) is 0 Å². The lowest BCUT2D eigenvalue weighted by Crippen LogP contribution is -2.41. The standard InChI is InChI=1S/C21H29N3O2/c25-19(6-5-16-3-1-2-4-16)24-13-9-21(10-14-24)15-18(21)23-20(26)17-7-11-22-12-8-17/h7-8,11-12,16,18H,1-6,9-10,13-15H2,(H,23,26). The van der Waals surface area contributed by atoms with Crippen molar-refractivity contribution < 1.29 is 9.59 Å². The number of likely N-dealkylation sites (tertiary alicyclic amines) is 1. The lowest BCUT2D eigenvalue weighted by atomic mass is 9.92. The number of hydrogen-bond acceptors (Lipinski definition) is 3. The highest BCUT2D eigenvalue weighted by molar-refractivity contribution is 5.94. The fraction of sp³-hybridized carbons (Fsp3) is 0.667. The van der Waals surface area contributed by atoms with Crippen LogP contribution < -0.4 is 5.32 Å². The first-order chi connectivity index (χ1) is 12.7. The van der Waals surface area contributed by atoms with E-state index >= 15 is 0 Å². The second-order valence-electron chi connectivity index (χ2n) is 8.40. The summed E-state index contributed by atoms with van der Waals surface area (Å²) >= 11 is 0. The summed E-state index contributed by atoms with van der Waals surface area (Å²) in [6.45, 7) is 1.70. The Morgan fingerprint density at radius 3 is 2.54 bits per heavy atom. The molecule has 2 heterocycles. The normalized spacial score (nSPS) is 24.6. The Bertz CT molecular complexity index is 646. The van der Waals surface area contributed by atoms with E-state index in [2.05, 4.69) is 15.2 Å². The SMILES string of the molecule is O=C(NC1CC12CCN(C(=O)CCC1CCCC1)CC2)c1ccncc1. The molecule has 2 aliphatic carbocycles. The van der Waals surface area contributed by atoms with E-state index in [0.29, 0.717) is 11.5 Å². The number of amides is 2. The topological polar surface area (TPSA) is 62.3 Å². The fourth-order valence-corrected chi connectivity index (χ4v) is 4.84. The number of aromatic nitrogens is 1. The highest BCUT2D eigenvalue weighted by atomic mass is 16.2. The highest BCUT2D eigenvalue weighted by Gasteiger charge is 2.55. The molecule has 3 fully saturated rings. The second kappa shape index (κ2) is 7.37. The maximum atomic E-state index is 12.5. The summed E-state index contributed by atoms with van der Waals surface area (Å²) in [6, 6.07) is 3.75. The van der Waals surface area contributed by atoms with Crippen LogP contribution in [0.2, 0.25) is 0 Å². The van der Waals surface area contributed by atoms with E-state index in [9.17, 15) is 9.59 Å². The first-order valence-corrected chi connectivity index (χ1v) is 10.1. The van der Waals surface area contributed by atoms with Gasteiger partial charge in [0.15, 0.2) is 0 Å². The van der Waals surface area contributed by atoms with Gasteiger partial charge in [0, 0.05) is 43.5 Å². The molecule has 1 N–H and O–H groups in total. The number of carbonyl (C=O) groups excluding carboxylic acids is 2. The molecule has 1 atom stereocenters. The van der Waals surface area contributed by atoms with E-state index in [1.54, 1.807) is 24.5 Å². The molecule has 1 saturated heterocycles. The van der Waals surface area contributed by atoms with Gasteiger partial charge in [0.1, 0.15) is 0 Å². The maximum Gasteiger partial charge on any atom is 0.251 e. The Hall–Kier alpha value is -1.91. The molecular weight excluding hydrogens is 326 g/mol. The maximum absolute atomic E-state index is 12.5. The molecular formula is C21H29N3O2. The predicted octanol–water partition coefficient (Wildman–Crippen LogP) is 3.16. The van der Waals surface area contributed by atoms with Crippen LogP contribution in [0.25, 0.3) is 0 Å². The molecule has 3 aliphatic rings. The van der Waals surface area contributed by atoms with Crippen LogP contribution in [0.1, 0.15) is 68.1 Å². The van der Waals surface area contributed by atoms with Crippen molar-refractivity contribution >= 4 is 11.8 Å². The van der Waals surface area contributed by atoms with Gasteiger partial charge < -0.3 is 10.2 Å². The fourth-order valence-electron chi connectivity index (χ4n) is 4.84. The lowest BCUT2D eigenvalue weighted by Gasteiger charge is -2.33. The molecule has 140 valence electrons. The molecule has 1 unspecified atom stereocenters. The number of carbonyl (C=O) groups is 2. The lowest BCUT2D eigenvalue weighted by molar-refractivity contribution is -0.133. The smallest absolute Gasteiger partial charge is 0.251 e. The molecule has 2 saturated carbocycles. The molecule has 5 nitrogen and oxygen atoms in total. The Morgan fingerprint density at radius 1 is 1.15 bits per heavy atom. The van der Waals surface area contributed by atoms with Crippen molar-refractivity contribution in [2.24, 2.45) is 11.3 Å². The van der Waals surface area contributed by atoms with Gasteiger partial charge in [0.05, 0.1) is 0 Å². The van der Waals surface area contributed by atoms with Crippen molar-refractivity contribution in [3.05, 3.63) is 30.1 Å². The summed E-state index contributed by atoms with van der Waals surface area (Å²) in [5, 5.41) is 3.17. The van der Waals surface area contributed by atoms with Crippen LogP contribution in [0.15, 0.2) is 24.5 Å². The van der Waals surface area contributed by atoms with Gasteiger partial charge in [-0.1, -0.05) is 25.7 Å². The third kappa shape index (κ3) is 3.76. The zero-order valence-corrected chi connectivity index (χ0v) is 15.5. The summed E-state index contributed by atoms with van der Waals surface area (Å²) < 4.78 is 0. The minimum absolute atomic E-state index is 0.00987. The van der Waals surface area contributed by atoms with Gasteiger partial charge in [-0.15, -0.1) is 0 Å². The number of pyridine rings is 1. The number of piperidine rings is 1. The Kier molecular flexibility index (Phi) is 4.96. The summed E-state index contributed by atoms with van der Waals surface area (Å²) in [5.41, 5.74) is 0.895. The van der Waals surface area contributed by atoms with Gasteiger partial charge in [-0.25, -0.2) is 0 Å². The van der Waals surface area contributed by atoms with Crippen LogP contribution in [0.3, 0.4) is 0 Å². The monoisotopic (exact) mass is 355 g/mol. The van der Waals surface area contributed by atoms with Gasteiger partial charge in [-0.3, -0.25) is 14.6 Å². The van der Waals surface area contributed by atoms with Crippen molar-refractivity contribution in [2.45, 2.75) is 63.8 Å². The highest BCUT2D eigenvalue weighted by Crippen LogP contribution is 2.54. The molecule has 1 spiro atoms. The van der Waals surface area contributed by atoms with Crippen LogP contribution in [0.4, 0.5) is 0 Å². The molecule has 1 aromatic heterocycles.